The highest BCUT2D eigenvalue weighted by atomic mass is 19.4. The Bertz CT molecular complexity index is 922. The molecule has 8 nitrogen and oxygen atoms in total. The predicted octanol–water partition coefficient (Wildman–Crippen LogP) is 3.94. The van der Waals surface area contributed by atoms with E-state index in [0.717, 1.165) is 0 Å². The number of rotatable bonds is 8. The molecule has 11 heteroatoms. The van der Waals surface area contributed by atoms with Crippen LogP contribution in [0.4, 0.5) is 19.0 Å². The molecule has 0 unspecified atom stereocenters. The van der Waals surface area contributed by atoms with Crippen molar-refractivity contribution in [2.75, 3.05) is 18.5 Å². The largest absolute Gasteiger partial charge is 0.490 e. The zero-order valence-corrected chi connectivity index (χ0v) is 18.6. The highest BCUT2D eigenvalue weighted by Crippen LogP contribution is 2.24. The van der Waals surface area contributed by atoms with E-state index >= 15 is 0 Å². The number of aromatic nitrogens is 2. The number of nitrogens with zero attached hydrogens (tertiary/aromatic N) is 3. The number of hydrogen-bond acceptors (Lipinski definition) is 7. The maximum absolute atomic E-state index is 13.2. The summed E-state index contributed by atoms with van der Waals surface area (Å²) in [6.45, 7) is 8.61. The average Bonchev–Trinajstić information content (AvgIpc) is 3.20. The Morgan fingerprint density at radius 1 is 1.25 bits per heavy atom. The third-order valence-electron chi connectivity index (χ3n) is 4.38. The second kappa shape index (κ2) is 10.0. The minimum absolute atomic E-state index is 0.139. The van der Waals surface area contributed by atoms with Gasteiger partial charge in [0.1, 0.15) is 29.6 Å². The lowest BCUT2D eigenvalue weighted by Crippen LogP contribution is -2.41. The first-order valence-corrected chi connectivity index (χ1v) is 9.99. The van der Waals surface area contributed by atoms with E-state index in [1.54, 1.807) is 26.0 Å². The number of carbonyl (C=O) groups excluding carboxylic acids is 2. The van der Waals surface area contributed by atoms with Crippen molar-refractivity contribution < 1.29 is 31.9 Å². The Balaban J connectivity index is 2.26. The van der Waals surface area contributed by atoms with Crippen LogP contribution in [0.5, 0.6) is 0 Å². The Kier molecular flexibility index (Phi) is 7.87. The first-order valence-electron chi connectivity index (χ1n) is 9.99. The average molecular weight is 456 g/mol. The zero-order chi connectivity index (χ0) is 24.1. The quantitative estimate of drug-likeness (QED) is 0.601. The normalized spacial score (nSPS) is 12.0. The summed E-state index contributed by atoms with van der Waals surface area (Å²) in [6, 6.07) is 3.11. The zero-order valence-electron chi connectivity index (χ0n) is 18.6. The predicted molar refractivity (Wildman–Crippen MR) is 110 cm³/mol. The van der Waals surface area contributed by atoms with Gasteiger partial charge in [-0.1, -0.05) is 20.8 Å². The van der Waals surface area contributed by atoms with E-state index in [1.165, 1.54) is 17.4 Å². The molecule has 1 amide bonds. The molecule has 0 spiro atoms. The molecule has 0 saturated carbocycles. The Morgan fingerprint density at radius 3 is 2.47 bits per heavy atom. The van der Waals surface area contributed by atoms with E-state index in [9.17, 15) is 22.8 Å². The SMILES string of the molecule is CC(C)N(CCOC(=O)C(F)(F)F)C(=O)c1cnc(C(C)(C)C)nc1NCc1ccco1. The molecule has 0 atom stereocenters. The van der Waals surface area contributed by atoms with Gasteiger partial charge in [0, 0.05) is 17.7 Å². The maximum Gasteiger partial charge on any atom is 0.490 e. The Hall–Kier alpha value is -3.11. The van der Waals surface area contributed by atoms with Gasteiger partial charge in [0.15, 0.2) is 0 Å². The van der Waals surface area contributed by atoms with Crippen LogP contribution >= 0.6 is 0 Å². The van der Waals surface area contributed by atoms with E-state index in [2.05, 4.69) is 20.0 Å². The molecule has 176 valence electrons. The van der Waals surface area contributed by atoms with Crippen LogP contribution in [0.15, 0.2) is 29.0 Å². The molecule has 0 aliphatic carbocycles. The lowest BCUT2D eigenvalue weighted by atomic mass is 9.95. The second-order valence-electron chi connectivity index (χ2n) is 8.36. The molecule has 0 radical (unpaired) electrons. The highest BCUT2D eigenvalue weighted by molar-refractivity contribution is 5.98. The number of ether oxygens (including phenoxy) is 1. The minimum Gasteiger partial charge on any atom is -0.467 e. The number of carbonyl (C=O) groups is 2. The number of anilines is 1. The van der Waals surface area contributed by atoms with Crippen molar-refractivity contribution in [2.45, 2.75) is 58.8 Å². The van der Waals surface area contributed by atoms with Gasteiger partial charge in [0.2, 0.25) is 0 Å². The van der Waals surface area contributed by atoms with Gasteiger partial charge >= 0.3 is 12.1 Å². The van der Waals surface area contributed by atoms with E-state index in [-0.39, 0.29) is 35.9 Å². The number of esters is 1. The fourth-order valence-electron chi connectivity index (χ4n) is 2.69. The van der Waals surface area contributed by atoms with Crippen LogP contribution in [0.25, 0.3) is 0 Å². The minimum atomic E-state index is -5.09. The maximum atomic E-state index is 13.2. The molecule has 0 aliphatic heterocycles. The molecule has 0 aromatic carbocycles. The second-order valence-corrected chi connectivity index (χ2v) is 8.36. The van der Waals surface area contributed by atoms with Crippen LogP contribution in [-0.4, -0.2) is 52.1 Å². The number of hydrogen-bond donors (Lipinski definition) is 1. The standard InChI is InChI=1S/C21H27F3N4O4/c1-13(2)28(8-10-32-19(30)21(22,23)24)17(29)15-12-26-18(20(3,4)5)27-16(15)25-11-14-7-6-9-31-14/h6-7,9,12-13H,8,10-11H2,1-5H3,(H,25,26,27). The van der Waals surface area contributed by atoms with Crippen molar-refractivity contribution in [1.82, 2.24) is 14.9 Å². The summed E-state index contributed by atoms with van der Waals surface area (Å²) in [5, 5.41) is 3.07. The van der Waals surface area contributed by atoms with Crippen LogP contribution in [0, 0.1) is 0 Å². The molecule has 0 fully saturated rings. The van der Waals surface area contributed by atoms with Crippen LogP contribution in [0.2, 0.25) is 0 Å². The Labute approximate surface area is 184 Å². The van der Waals surface area contributed by atoms with Gasteiger partial charge in [-0.25, -0.2) is 14.8 Å². The molecule has 0 bridgehead atoms. The topological polar surface area (TPSA) is 97.6 Å². The number of nitrogens with one attached hydrogen (secondary N) is 1. The van der Waals surface area contributed by atoms with E-state index in [4.69, 9.17) is 4.42 Å². The van der Waals surface area contributed by atoms with Crippen molar-refractivity contribution >= 4 is 17.7 Å². The molecule has 2 aromatic rings. The lowest BCUT2D eigenvalue weighted by molar-refractivity contribution is -0.199. The van der Waals surface area contributed by atoms with Crippen LogP contribution in [0.1, 0.15) is 56.6 Å². The summed E-state index contributed by atoms with van der Waals surface area (Å²) in [5.41, 5.74) is -0.243. The summed E-state index contributed by atoms with van der Waals surface area (Å²) >= 11 is 0. The summed E-state index contributed by atoms with van der Waals surface area (Å²) in [4.78, 5) is 34.3. The molecule has 2 aromatic heterocycles. The molecular formula is C21H27F3N4O4. The monoisotopic (exact) mass is 456 g/mol. The van der Waals surface area contributed by atoms with Crippen LogP contribution in [0.3, 0.4) is 0 Å². The molecule has 0 saturated heterocycles. The first kappa shape index (κ1) is 25.2. The van der Waals surface area contributed by atoms with Crippen molar-refractivity contribution in [3.63, 3.8) is 0 Å². The summed E-state index contributed by atoms with van der Waals surface area (Å²) in [7, 11) is 0. The molecule has 2 rings (SSSR count). The summed E-state index contributed by atoms with van der Waals surface area (Å²) in [5.74, 6) is -1.41. The van der Waals surface area contributed by atoms with Gasteiger partial charge in [0.05, 0.1) is 19.4 Å². The molecule has 0 aliphatic rings. The molecular weight excluding hydrogens is 429 g/mol. The fraction of sp³-hybridized carbons (Fsp3) is 0.524. The van der Waals surface area contributed by atoms with Crippen LogP contribution < -0.4 is 5.32 Å². The van der Waals surface area contributed by atoms with Crippen molar-refractivity contribution in [1.29, 1.82) is 0 Å². The van der Waals surface area contributed by atoms with Gasteiger partial charge in [0.25, 0.3) is 5.91 Å². The van der Waals surface area contributed by atoms with Gasteiger partial charge in [-0.2, -0.15) is 13.2 Å². The molecule has 2 heterocycles. The lowest BCUT2D eigenvalue weighted by Gasteiger charge is -2.28. The number of halogens is 3. The third kappa shape index (κ3) is 6.69. The third-order valence-corrected chi connectivity index (χ3v) is 4.38. The van der Waals surface area contributed by atoms with Gasteiger partial charge in [-0.05, 0) is 26.0 Å². The molecule has 32 heavy (non-hydrogen) atoms. The smallest absolute Gasteiger partial charge is 0.467 e. The fourth-order valence-corrected chi connectivity index (χ4v) is 2.69. The summed E-state index contributed by atoms with van der Waals surface area (Å²) in [6.07, 6.45) is -2.18. The van der Waals surface area contributed by atoms with Crippen molar-refractivity contribution in [2.24, 2.45) is 0 Å². The van der Waals surface area contributed by atoms with Gasteiger partial charge in [-0.3, -0.25) is 4.79 Å². The van der Waals surface area contributed by atoms with Crippen LogP contribution in [-0.2, 0) is 21.5 Å². The van der Waals surface area contributed by atoms with E-state index < -0.39 is 24.7 Å². The van der Waals surface area contributed by atoms with Gasteiger partial charge in [-0.15, -0.1) is 0 Å². The number of furan rings is 1. The number of amides is 1. The summed E-state index contributed by atoms with van der Waals surface area (Å²) < 4.78 is 46.6. The van der Waals surface area contributed by atoms with Crippen molar-refractivity contribution in [3.05, 3.63) is 41.7 Å². The van der Waals surface area contributed by atoms with E-state index in [1.807, 2.05) is 20.8 Å². The van der Waals surface area contributed by atoms with Gasteiger partial charge < -0.3 is 19.4 Å². The van der Waals surface area contributed by atoms with Crippen molar-refractivity contribution in [3.8, 4) is 0 Å². The Morgan fingerprint density at radius 2 is 1.94 bits per heavy atom. The highest BCUT2D eigenvalue weighted by Gasteiger charge is 2.41. The number of alkyl halides is 3. The van der Waals surface area contributed by atoms with E-state index in [0.29, 0.717) is 11.6 Å². The molecule has 1 N–H and O–H groups in total. The first-order chi connectivity index (χ1) is 14.8.